The molecule has 0 atom stereocenters. The van der Waals surface area contributed by atoms with Crippen molar-refractivity contribution >= 4 is 0 Å². The average Bonchev–Trinajstić information content (AvgIpc) is 2.02. The van der Waals surface area contributed by atoms with Crippen LogP contribution in [0.15, 0.2) is 24.3 Å². The molecule has 13 heavy (non-hydrogen) atoms. The highest BCUT2D eigenvalue weighted by Crippen LogP contribution is 2.43. The summed E-state index contributed by atoms with van der Waals surface area (Å²) in [4.78, 5) is 0. The maximum absolute atomic E-state index is 6.28. The van der Waals surface area contributed by atoms with Crippen molar-refractivity contribution in [3.63, 3.8) is 0 Å². The molecule has 1 saturated carbocycles. The zero-order valence-corrected chi connectivity index (χ0v) is 8.38. The normalized spacial score (nSPS) is 32.7. The van der Waals surface area contributed by atoms with Crippen molar-refractivity contribution in [1.29, 1.82) is 0 Å². The summed E-state index contributed by atoms with van der Waals surface area (Å²) in [5.41, 5.74) is 8.88. The first-order valence-electron chi connectivity index (χ1n) is 4.96. The van der Waals surface area contributed by atoms with Gasteiger partial charge in [0.05, 0.1) is 0 Å². The summed E-state index contributed by atoms with van der Waals surface area (Å²) in [5.74, 6) is 0.797. The molecule has 70 valence electrons. The van der Waals surface area contributed by atoms with Crippen LogP contribution in [0.4, 0.5) is 0 Å². The van der Waals surface area contributed by atoms with E-state index in [2.05, 4.69) is 38.1 Å². The minimum Gasteiger partial charge on any atom is -0.321 e. The second kappa shape index (κ2) is 2.85. The largest absolute Gasteiger partial charge is 0.321 e. The number of rotatable bonds is 1. The molecule has 0 amide bonds. The Labute approximate surface area is 80.0 Å². The number of hydrogen-bond acceptors (Lipinski definition) is 1. The standard InChI is InChI=1S/C12H17N/c1-9-4-3-5-11(6-9)12(13)7-10(2)8-12/h3-6,10H,7-8,13H2,1-2H3. The molecule has 1 heteroatoms. The van der Waals surface area contributed by atoms with Crippen LogP contribution in [-0.4, -0.2) is 0 Å². The van der Waals surface area contributed by atoms with E-state index in [-0.39, 0.29) is 5.54 Å². The number of benzene rings is 1. The lowest BCUT2D eigenvalue weighted by molar-refractivity contribution is 0.164. The lowest BCUT2D eigenvalue weighted by Crippen LogP contribution is -2.47. The molecule has 0 saturated heterocycles. The third-order valence-corrected chi connectivity index (χ3v) is 3.02. The van der Waals surface area contributed by atoms with Crippen molar-refractivity contribution in [3.05, 3.63) is 35.4 Å². The smallest absolute Gasteiger partial charge is 0.0414 e. The summed E-state index contributed by atoms with van der Waals surface area (Å²) in [6, 6.07) is 8.59. The van der Waals surface area contributed by atoms with Crippen LogP contribution in [0.5, 0.6) is 0 Å². The number of nitrogens with two attached hydrogens (primary N) is 1. The van der Waals surface area contributed by atoms with E-state index in [1.165, 1.54) is 11.1 Å². The third-order valence-electron chi connectivity index (χ3n) is 3.02. The van der Waals surface area contributed by atoms with Gasteiger partial charge in [-0.2, -0.15) is 0 Å². The molecule has 0 bridgehead atoms. The van der Waals surface area contributed by atoms with Gasteiger partial charge in [0.1, 0.15) is 0 Å². The average molecular weight is 175 g/mol. The van der Waals surface area contributed by atoms with Gasteiger partial charge >= 0.3 is 0 Å². The zero-order valence-electron chi connectivity index (χ0n) is 8.38. The number of aryl methyl sites for hydroxylation is 1. The Bertz CT molecular complexity index is 311. The summed E-state index contributed by atoms with van der Waals surface area (Å²) >= 11 is 0. The summed E-state index contributed by atoms with van der Waals surface area (Å²) in [6.45, 7) is 4.38. The van der Waals surface area contributed by atoms with E-state index < -0.39 is 0 Å². The van der Waals surface area contributed by atoms with Crippen molar-refractivity contribution in [2.45, 2.75) is 32.2 Å². The van der Waals surface area contributed by atoms with E-state index in [9.17, 15) is 0 Å². The second-order valence-corrected chi connectivity index (χ2v) is 4.54. The van der Waals surface area contributed by atoms with Gasteiger partial charge < -0.3 is 5.73 Å². The molecule has 0 unspecified atom stereocenters. The van der Waals surface area contributed by atoms with Crippen LogP contribution < -0.4 is 5.73 Å². The quantitative estimate of drug-likeness (QED) is 0.697. The van der Waals surface area contributed by atoms with Crippen molar-refractivity contribution in [2.24, 2.45) is 11.7 Å². The molecule has 0 heterocycles. The summed E-state index contributed by atoms with van der Waals surface area (Å²) in [5, 5.41) is 0. The lowest BCUT2D eigenvalue weighted by Gasteiger charge is -2.44. The summed E-state index contributed by atoms with van der Waals surface area (Å²) < 4.78 is 0. The molecule has 1 fully saturated rings. The van der Waals surface area contributed by atoms with Crippen LogP contribution in [0.25, 0.3) is 0 Å². The van der Waals surface area contributed by atoms with Gasteiger partial charge in [0.15, 0.2) is 0 Å². The molecule has 1 aliphatic rings. The molecule has 2 rings (SSSR count). The lowest BCUT2D eigenvalue weighted by atomic mass is 9.66. The fourth-order valence-electron chi connectivity index (χ4n) is 2.37. The Balaban J connectivity index is 2.26. The van der Waals surface area contributed by atoms with E-state index >= 15 is 0 Å². The van der Waals surface area contributed by atoms with Gasteiger partial charge in [-0.3, -0.25) is 0 Å². The first-order chi connectivity index (χ1) is 6.10. The van der Waals surface area contributed by atoms with Gasteiger partial charge in [0.2, 0.25) is 0 Å². The molecule has 0 aliphatic heterocycles. The molecule has 0 aromatic heterocycles. The molecule has 0 spiro atoms. The predicted octanol–water partition coefficient (Wildman–Crippen LogP) is 2.58. The SMILES string of the molecule is Cc1cccc(C2(N)CC(C)C2)c1. The van der Waals surface area contributed by atoms with Crippen molar-refractivity contribution in [1.82, 2.24) is 0 Å². The fraction of sp³-hybridized carbons (Fsp3) is 0.500. The Morgan fingerprint density at radius 3 is 2.62 bits per heavy atom. The first kappa shape index (κ1) is 8.76. The minimum absolute atomic E-state index is 0.0224. The molecule has 1 nitrogen and oxygen atoms in total. The van der Waals surface area contributed by atoms with E-state index in [4.69, 9.17) is 5.73 Å². The van der Waals surface area contributed by atoms with Crippen LogP contribution in [0.2, 0.25) is 0 Å². The van der Waals surface area contributed by atoms with Crippen LogP contribution in [-0.2, 0) is 5.54 Å². The van der Waals surface area contributed by atoms with Gasteiger partial charge in [-0.15, -0.1) is 0 Å². The fourth-order valence-corrected chi connectivity index (χ4v) is 2.37. The number of hydrogen-bond donors (Lipinski definition) is 1. The van der Waals surface area contributed by atoms with Gasteiger partial charge in [-0.05, 0) is 31.2 Å². The van der Waals surface area contributed by atoms with Gasteiger partial charge in [0, 0.05) is 5.54 Å². The highest BCUT2D eigenvalue weighted by atomic mass is 14.8. The van der Waals surface area contributed by atoms with Crippen LogP contribution in [0.3, 0.4) is 0 Å². The topological polar surface area (TPSA) is 26.0 Å². The molecule has 2 N–H and O–H groups in total. The highest BCUT2D eigenvalue weighted by Gasteiger charge is 2.39. The van der Waals surface area contributed by atoms with E-state index in [1.807, 2.05) is 0 Å². The van der Waals surface area contributed by atoms with Gasteiger partial charge in [0.25, 0.3) is 0 Å². The molecule has 1 aromatic rings. The van der Waals surface area contributed by atoms with E-state index in [1.54, 1.807) is 0 Å². The molecule has 0 radical (unpaired) electrons. The summed E-state index contributed by atoms with van der Waals surface area (Å²) in [6.07, 6.45) is 2.27. The highest BCUT2D eigenvalue weighted by molar-refractivity contribution is 5.30. The van der Waals surface area contributed by atoms with Crippen molar-refractivity contribution in [2.75, 3.05) is 0 Å². The molecule has 1 aromatic carbocycles. The van der Waals surface area contributed by atoms with Gasteiger partial charge in [-0.1, -0.05) is 36.8 Å². The minimum atomic E-state index is -0.0224. The monoisotopic (exact) mass is 175 g/mol. The third kappa shape index (κ3) is 1.49. The summed E-state index contributed by atoms with van der Waals surface area (Å²) in [7, 11) is 0. The zero-order chi connectivity index (χ0) is 9.47. The van der Waals surface area contributed by atoms with Crippen LogP contribution in [0, 0.1) is 12.8 Å². The van der Waals surface area contributed by atoms with Gasteiger partial charge in [-0.25, -0.2) is 0 Å². The predicted molar refractivity (Wildman–Crippen MR) is 55.4 cm³/mol. The Morgan fingerprint density at radius 2 is 2.08 bits per heavy atom. The first-order valence-corrected chi connectivity index (χ1v) is 4.96. The van der Waals surface area contributed by atoms with E-state index in [0.717, 1.165) is 18.8 Å². The van der Waals surface area contributed by atoms with Crippen LogP contribution >= 0.6 is 0 Å². The van der Waals surface area contributed by atoms with Crippen molar-refractivity contribution in [3.8, 4) is 0 Å². The van der Waals surface area contributed by atoms with Crippen LogP contribution in [0.1, 0.15) is 30.9 Å². The Hall–Kier alpha value is -0.820. The molecule has 1 aliphatic carbocycles. The Kier molecular flexibility index (Phi) is 1.92. The maximum Gasteiger partial charge on any atom is 0.0414 e. The maximum atomic E-state index is 6.28. The Morgan fingerprint density at radius 1 is 1.38 bits per heavy atom. The molecular formula is C12H17N. The second-order valence-electron chi connectivity index (χ2n) is 4.54. The molecular weight excluding hydrogens is 158 g/mol. The van der Waals surface area contributed by atoms with E-state index in [0.29, 0.717) is 0 Å². The van der Waals surface area contributed by atoms with Crippen molar-refractivity contribution < 1.29 is 0 Å².